The summed E-state index contributed by atoms with van der Waals surface area (Å²) < 4.78 is 5.33. The van der Waals surface area contributed by atoms with Crippen molar-refractivity contribution in [2.24, 2.45) is 0 Å². The van der Waals surface area contributed by atoms with Crippen LogP contribution in [0.25, 0.3) is 0 Å². The van der Waals surface area contributed by atoms with E-state index in [4.69, 9.17) is 9.76 Å². The smallest absolute Gasteiger partial charge is 0.526 e. The maximum absolute atomic E-state index is 11.7. The van der Waals surface area contributed by atoms with Crippen molar-refractivity contribution in [3.63, 3.8) is 0 Å². The van der Waals surface area contributed by atoms with E-state index in [0.717, 1.165) is 5.56 Å². The van der Waals surface area contributed by atoms with E-state index < -0.39 is 13.1 Å². The number of carbonyl (C=O) groups is 2. The summed E-state index contributed by atoms with van der Waals surface area (Å²) >= 11 is 1.44. The first-order valence-corrected chi connectivity index (χ1v) is 7.63. The van der Waals surface area contributed by atoms with Crippen LogP contribution in [0.2, 0.25) is 5.82 Å². The number of carbonyl (C=O) groups excluding carboxylic acids is 1. The Morgan fingerprint density at radius 1 is 1.50 bits per heavy atom. The molecule has 7 heteroatoms. The van der Waals surface area contributed by atoms with Crippen LogP contribution < -0.4 is 4.65 Å². The second-order valence-electron chi connectivity index (χ2n) is 4.75. The minimum atomic E-state index is -1.14. The first kappa shape index (κ1) is 14.9. The number of rotatable bonds is 5. The normalized spacial score (nSPS) is 17.3. The third-order valence-electron chi connectivity index (χ3n) is 3.25. The fourth-order valence-electron chi connectivity index (χ4n) is 2.34. The van der Waals surface area contributed by atoms with Crippen LogP contribution in [0.3, 0.4) is 0 Å². The predicted octanol–water partition coefficient (Wildman–Crippen LogP) is 1.49. The average molecular weight is 294 g/mol. The zero-order valence-electron chi connectivity index (χ0n) is 11.0. The number of Topliss-reactive ketones (excluding diaryl/α,β-unsaturated/α-hetero) is 1. The molecule has 1 aliphatic rings. The van der Waals surface area contributed by atoms with Gasteiger partial charge in [-0.2, -0.15) is 11.8 Å². The largest absolute Gasteiger partial charge is 0.535 e. The van der Waals surface area contributed by atoms with Gasteiger partial charge in [0, 0.05) is 12.2 Å². The summed E-state index contributed by atoms with van der Waals surface area (Å²) in [5, 5.41) is 19.1. The third kappa shape index (κ3) is 3.16. The monoisotopic (exact) mass is 294 g/mol. The Morgan fingerprint density at radius 2 is 2.25 bits per heavy atom. The molecule has 0 spiro atoms. The third-order valence-corrected chi connectivity index (χ3v) is 3.86. The summed E-state index contributed by atoms with van der Waals surface area (Å²) in [6.07, 6.45) is 2.52. The van der Waals surface area contributed by atoms with Crippen molar-refractivity contribution >= 4 is 30.6 Å². The number of fused-ring (bicyclic) bond motifs is 1. The molecule has 0 bridgehead atoms. The first-order valence-electron chi connectivity index (χ1n) is 6.23. The van der Waals surface area contributed by atoms with Crippen molar-refractivity contribution in [3.8, 4) is 5.75 Å². The summed E-state index contributed by atoms with van der Waals surface area (Å²) in [5.74, 6) is -0.744. The number of thioether (sulfide) groups is 1. The van der Waals surface area contributed by atoms with Gasteiger partial charge in [0.2, 0.25) is 0 Å². The molecule has 0 aromatic heterocycles. The van der Waals surface area contributed by atoms with E-state index in [1.165, 1.54) is 17.8 Å². The minimum Gasteiger partial charge on any atom is -0.535 e. The quantitative estimate of drug-likeness (QED) is 0.801. The molecule has 0 aliphatic carbocycles. The van der Waals surface area contributed by atoms with E-state index in [-0.39, 0.29) is 29.3 Å². The molecule has 0 fully saturated rings. The lowest BCUT2D eigenvalue weighted by Crippen LogP contribution is -2.36. The number of benzene rings is 1. The van der Waals surface area contributed by atoms with Gasteiger partial charge >= 0.3 is 13.1 Å². The molecule has 1 aromatic carbocycles. The number of carboxylic acids is 1. The van der Waals surface area contributed by atoms with E-state index in [9.17, 15) is 14.6 Å². The van der Waals surface area contributed by atoms with Gasteiger partial charge in [-0.25, -0.2) is 4.79 Å². The Morgan fingerprint density at radius 3 is 2.90 bits per heavy atom. The lowest BCUT2D eigenvalue weighted by molar-refractivity contribution is -0.116. The Labute approximate surface area is 121 Å². The fourth-order valence-corrected chi connectivity index (χ4v) is 2.78. The molecular formula is C13H15BO5S. The molecule has 5 nitrogen and oxygen atoms in total. The molecule has 0 radical (unpaired) electrons. The van der Waals surface area contributed by atoms with E-state index >= 15 is 0 Å². The first-order chi connectivity index (χ1) is 9.52. The van der Waals surface area contributed by atoms with Gasteiger partial charge in [-0.1, -0.05) is 12.1 Å². The molecule has 20 heavy (non-hydrogen) atoms. The second kappa shape index (κ2) is 6.32. The van der Waals surface area contributed by atoms with Crippen LogP contribution >= 0.6 is 11.8 Å². The van der Waals surface area contributed by atoms with Crippen molar-refractivity contribution < 1.29 is 24.4 Å². The van der Waals surface area contributed by atoms with E-state index in [2.05, 4.69) is 0 Å². The molecule has 1 aliphatic heterocycles. The molecule has 1 aromatic rings. The number of para-hydroxylation sites is 1. The minimum absolute atomic E-state index is 0.0374. The second-order valence-corrected chi connectivity index (χ2v) is 5.61. The topological polar surface area (TPSA) is 83.8 Å². The highest BCUT2D eigenvalue weighted by Gasteiger charge is 2.37. The van der Waals surface area contributed by atoms with Gasteiger partial charge in [0.05, 0.1) is 11.3 Å². The van der Waals surface area contributed by atoms with Crippen LogP contribution in [0.1, 0.15) is 22.3 Å². The van der Waals surface area contributed by atoms with Crippen molar-refractivity contribution in [1.82, 2.24) is 0 Å². The van der Waals surface area contributed by atoms with Gasteiger partial charge in [0.25, 0.3) is 0 Å². The zero-order valence-corrected chi connectivity index (χ0v) is 11.9. The van der Waals surface area contributed by atoms with Crippen LogP contribution in [0.4, 0.5) is 0 Å². The highest BCUT2D eigenvalue weighted by molar-refractivity contribution is 7.99. The molecule has 1 atom stereocenters. The summed E-state index contributed by atoms with van der Waals surface area (Å²) in [7, 11) is -1.14. The molecular weight excluding hydrogens is 279 g/mol. The number of hydrogen-bond acceptors (Lipinski definition) is 5. The van der Waals surface area contributed by atoms with Gasteiger partial charge < -0.3 is 14.8 Å². The molecule has 2 N–H and O–H groups in total. The van der Waals surface area contributed by atoms with Crippen LogP contribution in [0.5, 0.6) is 5.75 Å². The van der Waals surface area contributed by atoms with Gasteiger partial charge in [-0.3, -0.25) is 4.79 Å². The number of carboxylic acid groups (broad SMARTS) is 1. The van der Waals surface area contributed by atoms with Crippen molar-refractivity contribution in [1.29, 1.82) is 0 Å². The van der Waals surface area contributed by atoms with Crippen molar-refractivity contribution in [2.75, 3.05) is 12.0 Å². The average Bonchev–Trinajstić information content (AvgIpc) is 2.39. The van der Waals surface area contributed by atoms with E-state index in [0.29, 0.717) is 12.2 Å². The summed E-state index contributed by atoms with van der Waals surface area (Å²) in [6.45, 7) is 0. The molecule has 1 heterocycles. The standard InChI is InChI=1S/C13H15BO5S/c1-20-7-10(15)6-9-5-8-3-2-4-11(13(16)17)12(8)19-14(9)18/h2-4,9,18H,5-7H2,1H3,(H,16,17)/t9-/m1/s1. The van der Waals surface area contributed by atoms with Gasteiger partial charge in [0.1, 0.15) is 11.5 Å². The Hall–Kier alpha value is -1.47. The predicted molar refractivity (Wildman–Crippen MR) is 77.5 cm³/mol. The lowest BCUT2D eigenvalue weighted by Gasteiger charge is -2.27. The van der Waals surface area contributed by atoms with E-state index in [1.54, 1.807) is 12.1 Å². The number of hydrogen-bond donors (Lipinski definition) is 2. The van der Waals surface area contributed by atoms with Crippen molar-refractivity contribution in [3.05, 3.63) is 29.3 Å². The Kier molecular flexibility index (Phi) is 4.72. The number of aromatic carboxylic acids is 1. The Bertz CT molecular complexity index is 533. The molecule has 0 amide bonds. The fraction of sp³-hybridized carbons (Fsp3) is 0.385. The SMILES string of the molecule is CSCC(=O)C[C@H]1Cc2cccc(C(=O)O)c2OB1O. The molecule has 0 saturated heterocycles. The number of ketones is 1. The molecule has 0 unspecified atom stereocenters. The Balaban J connectivity index is 2.19. The lowest BCUT2D eigenvalue weighted by atomic mass is 9.64. The van der Waals surface area contributed by atoms with Crippen LogP contribution in [-0.2, 0) is 11.2 Å². The zero-order chi connectivity index (χ0) is 14.7. The van der Waals surface area contributed by atoms with Crippen molar-refractivity contribution in [2.45, 2.75) is 18.7 Å². The summed E-state index contributed by atoms with van der Waals surface area (Å²) in [5.41, 5.74) is 0.757. The maximum Gasteiger partial charge on any atom is 0.526 e. The molecule has 106 valence electrons. The highest BCUT2D eigenvalue weighted by atomic mass is 32.2. The van der Waals surface area contributed by atoms with Crippen LogP contribution in [0, 0.1) is 0 Å². The van der Waals surface area contributed by atoms with Gasteiger partial charge in [0.15, 0.2) is 0 Å². The summed E-state index contributed by atoms with van der Waals surface area (Å²) in [4.78, 5) is 22.8. The molecule has 0 saturated carbocycles. The van der Waals surface area contributed by atoms with Gasteiger partial charge in [-0.15, -0.1) is 0 Å². The van der Waals surface area contributed by atoms with Crippen LogP contribution in [-0.4, -0.2) is 41.0 Å². The van der Waals surface area contributed by atoms with Gasteiger partial charge in [-0.05, 0) is 24.3 Å². The van der Waals surface area contributed by atoms with E-state index in [1.807, 2.05) is 6.26 Å². The van der Waals surface area contributed by atoms with Crippen LogP contribution in [0.15, 0.2) is 18.2 Å². The molecule has 2 rings (SSSR count). The maximum atomic E-state index is 11.7. The highest BCUT2D eigenvalue weighted by Crippen LogP contribution is 2.36. The summed E-state index contributed by atoms with van der Waals surface area (Å²) in [6, 6.07) is 4.84.